The van der Waals surface area contributed by atoms with Crippen molar-refractivity contribution in [1.29, 1.82) is 0 Å². The number of rotatable bonds is 8. The fourth-order valence-corrected chi connectivity index (χ4v) is 4.94. The second kappa shape index (κ2) is 11.7. The van der Waals surface area contributed by atoms with Gasteiger partial charge in [0.05, 0.1) is 11.6 Å². The standard InChI is InChI=1S/C30H36N2O4.ClH/c1-19(2)29-16-31-30(36-29)28-15-25-26(6-5-7-27(25)35-28)34-18-24(33)17-32-12-10-22(11-13-32)23-9-8-20(3)21(4)14-23;/h5-9,14-16,19,22,24,33H,10-13,17-18H2,1-4H3;1H/t24-;/m0./s1. The zero-order chi connectivity index (χ0) is 25.2. The number of aliphatic hydroxyl groups is 1. The van der Waals surface area contributed by atoms with Crippen LogP contribution in [-0.4, -0.2) is 47.3 Å². The van der Waals surface area contributed by atoms with Gasteiger partial charge in [-0.15, -0.1) is 12.4 Å². The number of nitrogens with zero attached hydrogens (tertiary/aromatic N) is 2. The lowest BCUT2D eigenvalue weighted by molar-refractivity contribution is 0.0599. The highest BCUT2D eigenvalue weighted by Gasteiger charge is 2.23. The fourth-order valence-electron chi connectivity index (χ4n) is 4.94. The van der Waals surface area contributed by atoms with E-state index in [9.17, 15) is 5.11 Å². The number of fused-ring (bicyclic) bond motifs is 1. The summed E-state index contributed by atoms with van der Waals surface area (Å²) in [4.78, 5) is 6.70. The Morgan fingerprint density at radius 2 is 1.84 bits per heavy atom. The van der Waals surface area contributed by atoms with Gasteiger partial charge in [0, 0.05) is 18.5 Å². The molecule has 1 aliphatic heterocycles. The van der Waals surface area contributed by atoms with Gasteiger partial charge in [0.25, 0.3) is 5.89 Å². The minimum absolute atomic E-state index is 0. The molecule has 0 unspecified atom stereocenters. The third-order valence-corrected chi connectivity index (χ3v) is 7.31. The summed E-state index contributed by atoms with van der Waals surface area (Å²) in [7, 11) is 0. The van der Waals surface area contributed by atoms with Gasteiger partial charge in [-0.2, -0.15) is 0 Å². The minimum Gasteiger partial charge on any atom is -0.490 e. The molecule has 0 aliphatic carbocycles. The summed E-state index contributed by atoms with van der Waals surface area (Å²) in [5, 5.41) is 11.6. The smallest absolute Gasteiger partial charge is 0.263 e. The predicted octanol–water partition coefficient (Wildman–Crippen LogP) is 6.87. The topological polar surface area (TPSA) is 71.9 Å². The molecule has 1 aliphatic rings. The first kappa shape index (κ1) is 27.2. The average molecular weight is 525 g/mol. The molecule has 198 valence electrons. The molecule has 0 spiro atoms. The molecule has 0 saturated carbocycles. The first-order valence-electron chi connectivity index (χ1n) is 13.0. The Balaban J connectivity index is 0.00000320. The fraction of sp³-hybridized carbons (Fsp3) is 0.433. The number of benzene rings is 2. The number of furan rings is 1. The van der Waals surface area contributed by atoms with Gasteiger partial charge in [0.15, 0.2) is 5.76 Å². The number of ether oxygens (including phenoxy) is 1. The van der Waals surface area contributed by atoms with Crippen molar-refractivity contribution in [3.63, 3.8) is 0 Å². The van der Waals surface area contributed by atoms with Crippen LogP contribution in [0.2, 0.25) is 0 Å². The Bertz CT molecular complexity index is 1320. The zero-order valence-electron chi connectivity index (χ0n) is 22.1. The first-order chi connectivity index (χ1) is 17.4. The van der Waals surface area contributed by atoms with Crippen LogP contribution in [0.25, 0.3) is 22.6 Å². The van der Waals surface area contributed by atoms with E-state index >= 15 is 0 Å². The number of piperidine rings is 1. The highest BCUT2D eigenvalue weighted by Crippen LogP contribution is 2.34. The van der Waals surface area contributed by atoms with E-state index in [1.54, 1.807) is 6.20 Å². The molecule has 7 heteroatoms. The lowest BCUT2D eigenvalue weighted by Crippen LogP contribution is -2.40. The van der Waals surface area contributed by atoms with Crippen LogP contribution in [0, 0.1) is 13.8 Å². The second-order valence-electron chi connectivity index (χ2n) is 10.4. The quantitative estimate of drug-likeness (QED) is 0.271. The Labute approximate surface area is 225 Å². The molecule has 2 aromatic carbocycles. The molecule has 6 nitrogen and oxygen atoms in total. The summed E-state index contributed by atoms with van der Waals surface area (Å²) in [6, 6.07) is 14.4. The third-order valence-electron chi connectivity index (χ3n) is 7.31. The Kier molecular flexibility index (Phi) is 8.63. The molecule has 5 rings (SSSR count). The molecule has 1 atom stereocenters. The number of β-amino-alcohol motifs (C(OH)–C–C–N with tert-alkyl or cyclic N) is 1. The lowest BCUT2D eigenvalue weighted by atomic mass is 9.88. The van der Waals surface area contributed by atoms with Gasteiger partial charge >= 0.3 is 0 Å². The minimum atomic E-state index is -0.565. The lowest BCUT2D eigenvalue weighted by Gasteiger charge is -2.33. The highest BCUT2D eigenvalue weighted by atomic mass is 35.5. The van der Waals surface area contributed by atoms with Crippen LogP contribution < -0.4 is 4.74 Å². The summed E-state index contributed by atoms with van der Waals surface area (Å²) < 4.78 is 17.9. The van der Waals surface area contributed by atoms with Gasteiger partial charge in [-0.3, -0.25) is 0 Å². The van der Waals surface area contributed by atoms with Crippen molar-refractivity contribution in [2.24, 2.45) is 0 Å². The molecule has 3 heterocycles. The van der Waals surface area contributed by atoms with E-state index in [1.165, 1.54) is 16.7 Å². The third kappa shape index (κ3) is 6.20. The Morgan fingerprint density at radius 3 is 2.54 bits per heavy atom. The maximum Gasteiger partial charge on any atom is 0.263 e. The Morgan fingerprint density at radius 1 is 1.05 bits per heavy atom. The molecule has 37 heavy (non-hydrogen) atoms. The van der Waals surface area contributed by atoms with Crippen molar-refractivity contribution in [3.8, 4) is 17.4 Å². The van der Waals surface area contributed by atoms with Crippen LogP contribution in [-0.2, 0) is 0 Å². The first-order valence-corrected chi connectivity index (χ1v) is 13.0. The van der Waals surface area contributed by atoms with E-state index in [2.05, 4.69) is 55.8 Å². The van der Waals surface area contributed by atoms with Gasteiger partial charge in [-0.25, -0.2) is 4.98 Å². The number of likely N-dealkylation sites (tertiary alicyclic amines) is 1. The Hall–Kier alpha value is -2.80. The maximum atomic E-state index is 10.7. The summed E-state index contributed by atoms with van der Waals surface area (Å²) in [5.41, 5.74) is 4.86. The summed E-state index contributed by atoms with van der Waals surface area (Å²) in [6.45, 7) is 11.3. The number of oxazole rings is 1. The van der Waals surface area contributed by atoms with Crippen molar-refractivity contribution in [2.45, 2.75) is 58.5 Å². The molecule has 2 aromatic heterocycles. The number of halogens is 1. The highest BCUT2D eigenvalue weighted by molar-refractivity contribution is 5.87. The van der Waals surface area contributed by atoms with Gasteiger partial charge in [-0.05, 0) is 74.5 Å². The molecule has 0 amide bonds. The van der Waals surface area contributed by atoms with Crippen molar-refractivity contribution >= 4 is 23.4 Å². The monoisotopic (exact) mass is 524 g/mol. The van der Waals surface area contributed by atoms with Crippen LogP contribution in [0.3, 0.4) is 0 Å². The van der Waals surface area contributed by atoms with Gasteiger partial charge in [-0.1, -0.05) is 38.1 Å². The molecule has 0 bridgehead atoms. The van der Waals surface area contributed by atoms with Gasteiger partial charge in [0.2, 0.25) is 0 Å². The van der Waals surface area contributed by atoms with Crippen molar-refractivity contribution in [1.82, 2.24) is 9.88 Å². The summed E-state index contributed by atoms with van der Waals surface area (Å²) >= 11 is 0. The van der Waals surface area contributed by atoms with Crippen LogP contribution in [0.1, 0.15) is 61.0 Å². The van der Waals surface area contributed by atoms with E-state index in [0.29, 0.717) is 35.4 Å². The number of hydrogen-bond donors (Lipinski definition) is 1. The van der Waals surface area contributed by atoms with Gasteiger partial charge < -0.3 is 23.6 Å². The van der Waals surface area contributed by atoms with Crippen molar-refractivity contribution < 1.29 is 18.7 Å². The number of hydrogen-bond acceptors (Lipinski definition) is 6. The van der Waals surface area contributed by atoms with Crippen LogP contribution in [0.15, 0.2) is 57.5 Å². The van der Waals surface area contributed by atoms with Crippen LogP contribution in [0.5, 0.6) is 5.75 Å². The largest absolute Gasteiger partial charge is 0.490 e. The summed E-state index contributed by atoms with van der Waals surface area (Å²) in [6.07, 6.45) is 3.41. The van der Waals surface area contributed by atoms with E-state index < -0.39 is 6.10 Å². The number of aryl methyl sites for hydroxylation is 2. The van der Waals surface area contributed by atoms with Crippen molar-refractivity contribution in [2.75, 3.05) is 26.2 Å². The normalized spacial score (nSPS) is 15.7. The number of aromatic nitrogens is 1. The molecule has 4 aromatic rings. The SMILES string of the molecule is Cc1ccc(C2CCN(C[C@H](O)COc3cccc4oc(-c5ncc(C(C)C)o5)cc34)CC2)cc1C.Cl. The molecular formula is C30H37ClN2O4. The number of aliphatic hydroxyl groups excluding tert-OH is 1. The zero-order valence-corrected chi connectivity index (χ0v) is 22.9. The molecule has 1 N–H and O–H groups in total. The van der Waals surface area contributed by atoms with Gasteiger partial charge in [0.1, 0.15) is 29.8 Å². The van der Waals surface area contributed by atoms with Crippen LogP contribution >= 0.6 is 12.4 Å². The van der Waals surface area contributed by atoms with Crippen molar-refractivity contribution in [3.05, 3.63) is 71.1 Å². The summed E-state index contributed by atoms with van der Waals surface area (Å²) in [5.74, 6) is 3.40. The average Bonchev–Trinajstić information content (AvgIpc) is 3.53. The van der Waals surface area contributed by atoms with E-state index in [-0.39, 0.29) is 24.9 Å². The maximum absolute atomic E-state index is 10.7. The molecule has 0 radical (unpaired) electrons. The van der Waals surface area contributed by atoms with E-state index in [0.717, 1.165) is 37.1 Å². The molecule has 1 fully saturated rings. The van der Waals surface area contributed by atoms with E-state index in [1.807, 2.05) is 24.3 Å². The van der Waals surface area contributed by atoms with E-state index in [4.69, 9.17) is 13.6 Å². The second-order valence-corrected chi connectivity index (χ2v) is 10.4. The van der Waals surface area contributed by atoms with Crippen LogP contribution in [0.4, 0.5) is 0 Å². The molecular weight excluding hydrogens is 488 g/mol. The predicted molar refractivity (Wildman–Crippen MR) is 149 cm³/mol. The molecule has 1 saturated heterocycles.